The Morgan fingerprint density at radius 1 is 1.30 bits per heavy atom. The van der Waals surface area contributed by atoms with E-state index in [1.54, 1.807) is 6.07 Å². The fourth-order valence-corrected chi connectivity index (χ4v) is 5.45. The van der Waals surface area contributed by atoms with E-state index in [1.165, 1.54) is 38.5 Å². The fourth-order valence-electron chi connectivity index (χ4n) is 5.45. The van der Waals surface area contributed by atoms with Gasteiger partial charge in [-0.3, -0.25) is 10.1 Å². The van der Waals surface area contributed by atoms with Gasteiger partial charge in [0.25, 0.3) is 0 Å². The molecule has 4 heteroatoms. The number of nitrogens with one attached hydrogen (secondary N) is 1. The molecular formula is C16H22N2O2. The summed E-state index contributed by atoms with van der Waals surface area (Å²) in [5, 5.41) is 6.68. The van der Waals surface area contributed by atoms with Crippen molar-refractivity contribution in [3.8, 4) is 0 Å². The normalized spacial score (nSPS) is 38.1. The van der Waals surface area contributed by atoms with Crippen molar-refractivity contribution < 1.29 is 9.32 Å². The van der Waals surface area contributed by atoms with E-state index in [2.05, 4.69) is 10.5 Å². The first-order chi connectivity index (χ1) is 9.60. The lowest BCUT2D eigenvalue weighted by atomic mass is 9.49. The lowest BCUT2D eigenvalue weighted by molar-refractivity contribution is -0.124. The molecule has 1 amide bonds. The maximum absolute atomic E-state index is 12.3. The largest absolute Gasteiger partial charge is 0.338 e. The number of hydrogen-bond donors (Lipinski definition) is 1. The number of rotatable bonds is 3. The van der Waals surface area contributed by atoms with Crippen molar-refractivity contribution in [1.29, 1.82) is 0 Å². The zero-order valence-corrected chi connectivity index (χ0v) is 12.0. The van der Waals surface area contributed by atoms with Gasteiger partial charge in [-0.25, -0.2) is 0 Å². The van der Waals surface area contributed by atoms with Crippen LogP contribution in [0.1, 0.15) is 50.6 Å². The number of carbonyl (C=O) groups is 1. The minimum atomic E-state index is 0.100. The highest BCUT2D eigenvalue weighted by Gasteiger charge is 2.51. The summed E-state index contributed by atoms with van der Waals surface area (Å²) < 4.78 is 5.07. The topological polar surface area (TPSA) is 55.1 Å². The Labute approximate surface area is 119 Å². The summed E-state index contributed by atoms with van der Waals surface area (Å²) in [5.74, 6) is 3.25. The highest BCUT2D eigenvalue weighted by atomic mass is 16.5. The fraction of sp³-hybridized carbons (Fsp3) is 0.750. The molecule has 4 saturated carbocycles. The highest BCUT2D eigenvalue weighted by Crippen LogP contribution is 2.61. The van der Waals surface area contributed by atoms with Gasteiger partial charge >= 0.3 is 0 Å². The third-order valence-electron chi connectivity index (χ3n) is 5.59. The summed E-state index contributed by atoms with van der Waals surface area (Å²) in [7, 11) is 0. The number of aromatic nitrogens is 1. The maximum Gasteiger partial charge on any atom is 0.231 e. The summed E-state index contributed by atoms with van der Waals surface area (Å²) in [6, 6.07) is 1.78. The molecule has 1 N–H and O–H groups in total. The first-order valence-corrected chi connectivity index (χ1v) is 7.83. The molecule has 4 aliphatic carbocycles. The van der Waals surface area contributed by atoms with Crippen molar-refractivity contribution in [2.75, 3.05) is 5.32 Å². The van der Waals surface area contributed by atoms with Crippen LogP contribution in [0.4, 0.5) is 5.88 Å². The van der Waals surface area contributed by atoms with Gasteiger partial charge in [-0.05, 0) is 68.6 Å². The molecule has 0 saturated heterocycles. The molecule has 1 aromatic rings. The lowest BCUT2D eigenvalue weighted by Gasteiger charge is -2.56. The van der Waals surface area contributed by atoms with Gasteiger partial charge in [0.1, 0.15) is 0 Å². The highest BCUT2D eigenvalue weighted by molar-refractivity contribution is 5.89. The van der Waals surface area contributed by atoms with Gasteiger partial charge in [0, 0.05) is 12.5 Å². The smallest absolute Gasteiger partial charge is 0.231 e. The van der Waals surface area contributed by atoms with Gasteiger partial charge in [0.15, 0.2) is 0 Å². The van der Waals surface area contributed by atoms with E-state index in [0.717, 1.165) is 23.4 Å². The van der Waals surface area contributed by atoms with Gasteiger partial charge in [-0.1, -0.05) is 5.16 Å². The number of nitrogens with zero attached hydrogens (tertiary/aromatic N) is 1. The van der Waals surface area contributed by atoms with Crippen molar-refractivity contribution in [1.82, 2.24) is 5.16 Å². The van der Waals surface area contributed by atoms with E-state index < -0.39 is 0 Å². The molecule has 4 nitrogen and oxygen atoms in total. The average Bonchev–Trinajstić information content (AvgIpc) is 2.71. The van der Waals surface area contributed by atoms with Crippen LogP contribution in [0.25, 0.3) is 0 Å². The first-order valence-electron chi connectivity index (χ1n) is 7.83. The Kier molecular flexibility index (Phi) is 2.69. The minimum Gasteiger partial charge on any atom is -0.338 e. The summed E-state index contributed by atoms with van der Waals surface area (Å²) in [6.07, 6.45) is 8.72. The van der Waals surface area contributed by atoms with Crippen molar-refractivity contribution in [3.05, 3.63) is 11.8 Å². The molecule has 1 aromatic heterocycles. The standard InChI is InChI=1S/C16H22N2O2/c1-10-2-15(20-18-10)17-14(19)9-16-6-11-3-12(7-16)5-13(4-11)8-16/h2,11-13H,3-9H2,1H3,(H,17,19). The Morgan fingerprint density at radius 3 is 2.40 bits per heavy atom. The molecule has 0 radical (unpaired) electrons. The molecule has 0 spiro atoms. The molecule has 4 bridgehead atoms. The SMILES string of the molecule is Cc1cc(NC(=O)CC23CC4CC(CC(C4)C2)C3)on1. The second-order valence-electron chi connectivity index (χ2n) is 7.48. The second-order valence-corrected chi connectivity index (χ2v) is 7.48. The van der Waals surface area contributed by atoms with Gasteiger partial charge in [-0.15, -0.1) is 0 Å². The van der Waals surface area contributed by atoms with Crippen molar-refractivity contribution in [2.45, 2.75) is 51.9 Å². The van der Waals surface area contributed by atoms with Crippen LogP contribution in [0.3, 0.4) is 0 Å². The predicted octanol–water partition coefficient (Wildman–Crippen LogP) is 3.53. The van der Waals surface area contributed by atoms with E-state index in [-0.39, 0.29) is 11.3 Å². The zero-order valence-electron chi connectivity index (χ0n) is 12.0. The molecular weight excluding hydrogens is 252 g/mol. The lowest BCUT2D eigenvalue weighted by Crippen LogP contribution is -2.47. The number of amides is 1. The van der Waals surface area contributed by atoms with Gasteiger partial charge in [0.05, 0.1) is 5.69 Å². The quantitative estimate of drug-likeness (QED) is 0.917. The van der Waals surface area contributed by atoms with E-state index in [0.29, 0.717) is 12.3 Å². The van der Waals surface area contributed by atoms with Crippen molar-refractivity contribution in [3.63, 3.8) is 0 Å². The average molecular weight is 274 g/mol. The number of carbonyl (C=O) groups excluding carboxylic acids is 1. The van der Waals surface area contributed by atoms with E-state index >= 15 is 0 Å². The van der Waals surface area contributed by atoms with Crippen LogP contribution in [0.5, 0.6) is 0 Å². The minimum absolute atomic E-state index is 0.100. The van der Waals surface area contributed by atoms with E-state index in [1.807, 2.05) is 6.92 Å². The Balaban J connectivity index is 1.44. The molecule has 5 rings (SSSR count). The first kappa shape index (κ1) is 12.4. The Morgan fingerprint density at radius 2 is 1.90 bits per heavy atom. The zero-order chi connectivity index (χ0) is 13.7. The van der Waals surface area contributed by atoms with Crippen LogP contribution in [-0.2, 0) is 4.79 Å². The third kappa shape index (κ3) is 2.15. The maximum atomic E-state index is 12.3. The molecule has 20 heavy (non-hydrogen) atoms. The Hall–Kier alpha value is -1.32. The third-order valence-corrected chi connectivity index (χ3v) is 5.59. The molecule has 4 fully saturated rings. The summed E-state index contributed by atoms with van der Waals surface area (Å²) in [5.41, 5.74) is 1.09. The number of hydrogen-bond acceptors (Lipinski definition) is 3. The van der Waals surface area contributed by atoms with Crippen molar-refractivity contribution >= 4 is 11.8 Å². The van der Waals surface area contributed by atoms with Crippen LogP contribution in [0.15, 0.2) is 10.6 Å². The molecule has 4 aliphatic rings. The molecule has 1 heterocycles. The van der Waals surface area contributed by atoms with Crippen LogP contribution in [0, 0.1) is 30.1 Å². The summed E-state index contributed by atoms with van der Waals surface area (Å²) in [4.78, 5) is 12.3. The molecule has 0 atom stereocenters. The predicted molar refractivity (Wildman–Crippen MR) is 75.1 cm³/mol. The monoisotopic (exact) mass is 274 g/mol. The van der Waals surface area contributed by atoms with E-state index in [4.69, 9.17) is 4.52 Å². The van der Waals surface area contributed by atoms with Gasteiger partial charge in [0.2, 0.25) is 11.8 Å². The molecule has 0 aromatic carbocycles. The molecule has 108 valence electrons. The van der Waals surface area contributed by atoms with Crippen LogP contribution in [0.2, 0.25) is 0 Å². The van der Waals surface area contributed by atoms with Crippen LogP contribution in [-0.4, -0.2) is 11.1 Å². The van der Waals surface area contributed by atoms with E-state index in [9.17, 15) is 4.79 Å². The second kappa shape index (κ2) is 4.34. The Bertz CT molecular complexity index is 499. The molecule has 0 unspecified atom stereocenters. The number of anilines is 1. The number of aryl methyl sites for hydroxylation is 1. The summed E-state index contributed by atoms with van der Waals surface area (Å²) >= 11 is 0. The van der Waals surface area contributed by atoms with Crippen molar-refractivity contribution in [2.24, 2.45) is 23.2 Å². The summed E-state index contributed by atoms with van der Waals surface area (Å²) in [6.45, 7) is 1.86. The van der Waals surface area contributed by atoms with Crippen LogP contribution >= 0.6 is 0 Å². The van der Waals surface area contributed by atoms with Gasteiger partial charge < -0.3 is 4.52 Å². The molecule has 0 aliphatic heterocycles. The van der Waals surface area contributed by atoms with Gasteiger partial charge in [-0.2, -0.15) is 0 Å². The van der Waals surface area contributed by atoms with Crippen LogP contribution < -0.4 is 5.32 Å².